The van der Waals surface area contributed by atoms with Gasteiger partial charge in [-0.2, -0.15) is 5.48 Å². The first kappa shape index (κ1) is 27.3. The highest BCUT2D eigenvalue weighted by Gasteiger charge is 2.26. The Morgan fingerprint density at radius 1 is 1.03 bits per heavy atom. The first-order valence-corrected chi connectivity index (χ1v) is 13.2. The molecule has 11 heteroatoms. The van der Waals surface area contributed by atoms with Gasteiger partial charge in [-0.1, -0.05) is 35.3 Å². The molecule has 0 unspecified atom stereocenters. The molecule has 0 saturated carbocycles. The van der Waals surface area contributed by atoms with Gasteiger partial charge in [0.25, 0.3) is 0 Å². The standard InChI is InChI=1S/C26H32Cl2N4O5/c1-29-37-26(34)36-18-32-23-17-20(9-7-19(23)8-10-24(32)33)35-16-3-2-11-30-12-14-31(15-13-30)22-6-4-5-21(27)25(22)28/h4-7,9,17,29H,2-3,8,10-16,18H2,1H3. The van der Waals surface area contributed by atoms with Gasteiger partial charge in [-0.05, 0) is 49.6 Å². The van der Waals surface area contributed by atoms with E-state index in [1.54, 1.807) is 0 Å². The molecule has 0 radical (unpaired) electrons. The van der Waals surface area contributed by atoms with Crippen LogP contribution in [0, 0.1) is 0 Å². The van der Waals surface area contributed by atoms with Gasteiger partial charge in [0, 0.05) is 45.7 Å². The normalized spacial score (nSPS) is 15.9. The number of piperazine rings is 1. The van der Waals surface area contributed by atoms with Gasteiger partial charge in [0.1, 0.15) is 5.75 Å². The number of unbranched alkanes of at least 4 members (excludes halogenated alkanes) is 1. The number of carbonyl (C=O) groups excluding carboxylic acids is 2. The first-order valence-electron chi connectivity index (χ1n) is 12.4. The highest BCUT2D eigenvalue weighted by Crippen LogP contribution is 2.33. The Balaban J connectivity index is 1.20. The molecule has 1 amide bonds. The van der Waals surface area contributed by atoms with Crippen molar-refractivity contribution >= 4 is 46.6 Å². The number of nitrogens with zero attached hydrogens (tertiary/aromatic N) is 3. The number of hydroxylamine groups is 1. The summed E-state index contributed by atoms with van der Waals surface area (Å²) in [6.45, 7) is 5.15. The maximum atomic E-state index is 12.4. The highest BCUT2D eigenvalue weighted by molar-refractivity contribution is 6.43. The number of rotatable bonds is 10. The van der Waals surface area contributed by atoms with E-state index in [2.05, 4.69) is 20.1 Å². The van der Waals surface area contributed by atoms with Crippen LogP contribution in [0.15, 0.2) is 36.4 Å². The Bertz CT molecular complexity index is 1090. The Labute approximate surface area is 227 Å². The van der Waals surface area contributed by atoms with Crippen molar-refractivity contribution in [3.05, 3.63) is 52.0 Å². The lowest BCUT2D eigenvalue weighted by atomic mass is 10.0. The van der Waals surface area contributed by atoms with E-state index in [-0.39, 0.29) is 12.6 Å². The lowest BCUT2D eigenvalue weighted by Gasteiger charge is -2.36. The average molecular weight is 551 g/mol. The van der Waals surface area contributed by atoms with Gasteiger partial charge in [0.05, 0.1) is 28.0 Å². The lowest BCUT2D eigenvalue weighted by molar-refractivity contribution is -0.119. The molecular formula is C26H32Cl2N4O5. The Hall–Kier alpha value is -2.72. The van der Waals surface area contributed by atoms with Crippen molar-refractivity contribution in [3.63, 3.8) is 0 Å². The van der Waals surface area contributed by atoms with Gasteiger partial charge in [0.2, 0.25) is 5.91 Å². The van der Waals surface area contributed by atoms with E-state index in [0.717, 1.165) is 56.8 Å². The summed E-state index contributed by atoms with van der Waals surface area (Å²) in [4.78, 5) is 34.7. The Morgan fingerprint density at radius 3 is 2.62 bits per heavy atom. The van der Waals surface area contributed by atoms with Crippen LogP contribution in [0.4, 0.5) is 16.2 Å². The predicted molar refractivity (Wildman–Crippen MR) is 144 cm³/mol. The zero-order chi connectivity index (χ0) is 26.2. The zero-order valence-electron chi connectivity index (χ0n) is 20.9. The molecule has 9 nitrogen and oxygen atoms in total. The highest BCUT2D eigenvalue weighted by atomic mass is 35.5. The number of nitrogens with one attached hydrogen (secondary N) is 1. The van der Waals surface area contributed by atoms with E-state index >= 15 is 0 Å². The predicted octanol–water partition coefficient (Wildman–Crippen LogP) is 4.50. The molecule has 0 bridgehead atoms. The monoisotopic (exact) mass is 550 g/mol. The minimum Gasteiger partial charge on any atom is -0.494 e. The minimum atomic E-state index is -0.899. The van der Waals surface area contributed by atoms with Gasteiger partial charge in [0.15, 0.2) is 6.73 Å². The summed E-state index contributed by atoms with van der Waals surface area (Å²) in [5.41, 5.74) is 4.95. The molecule has 0 aliphatic carbocycles. The van der Waals surface area contributed by atoms with Crippen LogP contribution < -0.4 is 20.0 Å². The lowest BCUT2D eigenvalue weighted by Crippen LogP contribution is -2.46. The van der Waals surface area contributed by atoms with Gasteiger partial charge >= 0.3 is 6.16 Å². The van der Waals surface area contributed by atoms with Crippen molar-refractivity contribution in [1.29, 1.82) is 0 Å². The number of fused-ring (bicyclic) bond motifs is 1. The number of halogens is 2. The molecule has 2 aliphatic heterocycles. The molecule has 2 aromatic carbocycles. The fourth-order valence-corrected chi connectivity index (χ4v) is 4.97. The summed E-state index contributed by atoms with van der Waals surface area (Å²) in [6, 6.07) is 11.5. The molecule has 200 valence electrons. The second-order valence-electron chi connectivity index (χ2n) is 8.90. The smallest absolute Gasteiger partial charge is 0.494 e. The van der Waals surface area contributed by atoms with E-state index in [1.807, 2.05) is 36.4 Å². The summed E-state index contributed by atoms with van der Waals surface area (Å²) < 4.78 is 11.0. The SMILES string of the molecule is CNOC(=O)OCN1C(=O)CCc2ccc(OCCCCN3CCN(c4cccc(Cl)c4Cl)CC3)cc21. The van der Waals surface area contributed by atoms with Crippen LogP contribution in [-0.2, 0) is 20.8 Å². The fourth-order valence-electron chi connectivity index (χ4n) is 4.56. The number of ether oxygens (including phenoxy) is 2. The van der Waals surface area contributed by atoms with Crippen molar-refractivity contribution in [2.75, 3.05) is 62.9 Å². The summed E-state index contributed by atoms with van der Waals surface area (Å²) in [7, 11) is 1.45. The van der Waals surface area contributed by atoms with Gasteiger partial charge in [-0.3, -0.25) is 14.6 Å². The van der Waals surface area contributed by atoms with Gasteiger partial charge in [-0.25, -0.2) is 4.79 Å². The van der Waals surface area contributed by atoms with Crippen LogP contribution in [0.25, 0.3) is 0 Å². The summed E-state index contributed by atoms with van der Waals surface area (Å²) >= 11 is 12.5. The van der Waals surface area contributed by atoms with Gasteiger partial charge in [-0.15, -0.1) is 0 Å². The molecule has 0 spiro atoms. The second-order valence-corrected chi connectivity index (χ2v) is 9.68. The number of carbonyl (C=O) groups is 2. The topological polar surface area (TPSA) is 83.6 Å². The van der Waals surface area contributed by atoms with E-state index < -0.39 is 6.16 Å². The van der Waals surface area contributed by atoms with Crippen LogP contribution in [-0.4, -0.2) is 70.1 Å². The van der Waals surface area contributed by atoms with Crippen LogP contribution in [0.5, 0.6) is 5.75 Å². The van der Waals surface area contributed by atoms with Crippen LogP contribution in [0.1, 0.15) is 24.8 Å². The number of aryl methyl sites for hydroxylation is 1. The summed E-state index contributed by atoms with van der Waals surface area (Å²) in [6.07, 6.45) is 2.04. The quantitative estimate of drug-likeness (QED) is 0.263. The first-order chi connectivity index (χ1) is 18.0. The largest absolute Gasteiger partial charge is 0.529 e. The van der Waals surface area contributed by atoms with E-state index in [9.17, 15) is 9.59 Å². The molecule has 0 atom stereocenters. The van der Waals surface area contributed by atoms with E-state index in [1.165, 1.54) is 11.9 Å². The van der Waals surface area contributed by atoms with Crippen molar-refractivity contribution in [2.24, 2.45) is 0 Å². The number of hydrogen-bond acceptors (Lipinski definition) is 8. The fraction of sp³-hybridized carbons (Fsp3) is 0.462. The van der Waals surface area contributed by atoms with Crippen LogP contribution in [0.2, 0.25) is 10.0 Å². The molecule has 37 heavy (non-hydrogen) atoms. The number of benzene rings is 2. The molecular weight excluding hydrogens is 519 g/mol. The Morgan fingerprint density at radius 2 is 1.84 bits per heavy atom. The molecule has 1 fully saturated rings. The third kappa shape index (κ3) is 7.19. The number of anilines is 2. The molecule has 1 saturated heterocycles. The van der Waals surface area contributed by atoms with E-state index in [0.29, 0.717) is 40.9 Å². The Kier molecular flexibility index (Phi) is 9.74. The van der Waals surface area contributed by atoms with Crippen LogP contribution in [0.3, 0.4) is 0 Å². The van der Waals surface area contributed by atoms with Crippen LogP contribution >= 0.6 is 23.2 Å². The maximum absolute atomic E-state index is 12.4. The van der Waals surface area contributed by atoms with Crippen molar-refractivity contribution in [2.45, 2.75) is 25.7 Å². The molecule has 1 N–H and O–H groups in total. The van der Waals surface area contributed by atoms with Crippen molar-refractivity contribution in [3.8, 4) is 5.75 Å². The number of hydrogen-bond donors (Lipinski definition) is 1. The molecule has 2 aliphatic rings. The molecule has 0 aromatic heterocycles. The van der Waals surface area contributed by atoms with Gasteiger partial charge < -0.3 is 19.2 Å². The van der Waals surface area contributed by atoms with Crippen molar-refractivity contribution in [1.82, 2.24) is 10.4 Å². The van der Waals surface area contributed by atoms with E-state index in [4.69, 9.17) is 32.7 Å². The zero-order valence-corrected chi connectivity index (χ0v) is 22.4. The molecule has 4 rings (SSSR count). The average Bonchev–Trinajstić information content (AvgIpc) is 2.90. The second kappa shape index (κ2) is 13.2. The summed E-state index contributed by atoms with van der Waals surface area (Å²) in [5.74, 6) is 0.572. The minimum absolute atomic E-state index is 0.111. The number of amides is 1. The maximum Gasteiger partial charge on any atom is 0.529 e. The summed E-state index contributed by atoms with van der Waals surface area (Å²) in [5, 5.41) is 1.20. The molecule has 2 heterocycles. The third-order valence-electron chi connectivity index (χ3n) is 6.54. The third-order valence-corrected chi connectivity index (χ3v) is 7.34. The molecule has 2 aromatic rings. The van der Waals surface area contributed by atoms with Crippen molar-refractivity contribution < 1.29 is 23.9 Å².